The van der Waals surface area contributed by atoms with Gasteiger partial charge in [0.2, 0.25) is 0 Å². The molecule has 3 fully saturated rings. The number of nitrogens with zero attached hydrogens (tertiary/aromatic N) is 2. The smallest absolute Gasteiger partial charge is 0.312 e. The number of aromatic hydroxyl groups is 3. The molecule has 1 saturated carbocycles. The molecule has 2 saturated heterocycles. The van der Waals surface area contributed by atoms with E-state index in [0.717, 1.165) is 6.07 Å². The number of hydrogen-bond acceptors (Lipinski definition) is 27. The van der Waals surface area contributed by atoms with Crippen LogP contribution in [0.5, 0.6) is 23.0 Å². The first-order chi connectivity index (χ1) is 42.1. The van der Waals surface area contributed by atoms with Gasteiger partial charge in [0.15, 0.2) is 42.1 Å². The molecule has 6 aliphatic rings. The minimum atomic E-state index is -2.38. The summed E-state index contributed by atoms with van der Waals surface area (Å²) < 4.78 is 46.1. The third kappa shape index (κ3) is 14.4. The average molecular weight is 1280 g/mol. The summed E-state index contributed by atoms with van der Waals surface area (Å²) in [4.78, 5) is 58.9. The van der Waals surface area contributed by atoms with E-state index >= 15 is 0 Å². The lowest BCUT2D eigenvalue weighted by Gasteiger charge is -2.45. The number of amides is 1. The van der Waals surface area contributed by atoms with E-state index in [4.69, 9.17) is 60.8 Å². The summed E-state index contributed by atoms with van der Waals surface area (Å²) in [5.41, 5.74) is 19.3. The number of fused-ring (bicyclic) bond motifs is 14. The predicted molar refractivity (Wildman–Crippen MR) is 317 cm³/mol. The number of aliphatic hydroxyl groups is 9. The number of Topliss-reactive ketones (excluding diaryl/α,β-unsaturated/α-hetero) is 1. The molecule has 1 aliphatic carbocycles. The number of carbonyl (C=O) groups excluding carboxylic acids is 4. The monoisotopic (exact) mass is 1280 g/mol. The first-order valence-corrected chi connectivity index (χ1v) is 28.8. The van der Waals surface area contributed by atoms with E-state index in [1.165, 1.54) is 67.2 Å². The number of benzene rings is 2. The van der Waals surface area contributed by atoms with E-state index in [1.807, 2.05) is 0 Å². The van der Waals surface area contributed by atoms with E-state index in [0.29, 0.717) is 0 Å². The van der Waals surface area contributed by atoms with Crippen LogP contribution in [0.1, 0.15) is 71.3 Å². The van der Waals surface area contributed by atoms with Gasteiger partial charge in [-0.3, -0.25) is 19.2 Å². The highest BCUT2D eigenvalue weighted by atomic mass is 16.8. The summed E-state index contributed by atoms with van der Waals surface area (Å²) in [7, 11) is 2.85. The Morgan fingerprint density at radius 3 is 2.00 bits per heavy atom. The summed E-state index contributed by atoms with van der Waals surface area (Å²) in [6.07, 6.45) is -13.7. The van der Waals surface area contributed by atoms with Gasteiger partial charge in [-0.15, -0.1) is 0 Å². The fraction of sp³-hybridized carbons (Fsp3) is 0.621. The first-order valence-electron chi connectivity index (χ1n) is 28.8. The summed E-state index contributed by atoms with van der Waals surface area (Å²) >= 11 is 0. The van der Waals surface area contributed by atoms with Crippen LogP contribution in [-0.4, -0.2) is 239 Å². The summed E-state index contributed by atoms with van der Waals surface area (Å²) in [5.74, 6) is -9.02. The summed E-state index contributed by atoms with van der Waals surface area (Å²) in [6.45, 7) is 13.1. The van der Waals surface area contributed by atoms with Gasteiger partial charge in [0.05, 0.1) is 60.0 Å². The fourth-order valence-corrected chi connectivity index (χ4v) is 11.7. The Bertz CT molecular complexity index is 3090. The Morgan fingerprint density at radius 2 is 1.42 bits per heavy atom. The SMILES string of the molecule is CN[C@@H]1[C@H](O[C@H]2[C@H](O[C@H]3[C@H](O)[C@@H](O)[C@H](N=C(N)N)[C@@H](O)[C@@H]3N=C(N)N)O[C@@H](C)[C@]2(O)C=O)O[C@@H](CO)[C@H](O)[C@H]1O.CO[C@H]1/C=C/O[C@@]2(C)Oc3c(C)c(O)c4c(O)c(cc(O)c4c3C2=O)NC(=O)/C(C)=C\C=C\[C@H](C)[C@H](O)[C@@H](C)[C@@H](O)[C@@H](C)[C@H](OC(C)=O)[C@@H]1C. The number of carbonyl (C=O) groups is 4. The molecule has 502 valence electrons. The van der Waals surface area contributed by atoms with Crippen molar-refractivity contribution in [3.05, 3.63) is 53.3 Å². The number of aliphatic imine (C=N–C) groups is 2. The second kappa shape index (κ2) is 29.2. The number of aldehydes is 1. The molecule has 32 heteroatoms. The van der Waals surface area contributed by atoms with Crippen LogP contribution in [0, 0.1) is 30.6 Å². The maximum atomic E-state index is 13.9. The number of methoxy groups -OCH3 is 1. The molecular weight excluding hydrogens is 1190 g/mol. The Hall–Kier alpha value is -6.86. The Labute approximate surface area is 517 Å². The van der Waals surface area contributed by atoms with Crippen LogP contribution in [-0.2, 0) is 47.5 Å². The van der Waals surface area contributed by atoms with E-state index in [2.05, 4.69) is 20.6 Å². The normalized spacial score (nSPS) is 39.5. The summed E-state index contributed by atoms with van der Waals surface area (Å²) in [5, 5.41) is 135. The van der Waals surface area contributed by atoms with E-state index in [9.17, 15) is 80.5 Å². The van der Waals surface area contributed by atoms with Gasteiger partial charge in [0.25, 0.3) is 11.7 Å². The van der Waals surface area contributed by atoms with Crippen LogP contribution in [0.3, 0.4) is 0 Å². The van der Waals surface area contributed by atoms with Crippen molar-refractivity contribution < 1.29 is 118 Å². The molecule has 2 aromatic carbocycles. The van der Waals surface area contributed by atoms with E-state index < -0.39 is 199 Å². The number of guanidine groups is 2. The highest BCUT2D eigenvalue weighted by molar-refractivity contribution is 6.21. The molecule has 32 nitrogen and oxygen atoms in total. The number of aliphatic hydroxyl groups excluding tert-OH is 8. The highest BCUT2D eigenvalue weighted by Crippen LogP contribution is 2.54. The molecule has 1 amide bonds. The molecule has 0 spiro atoms. The molecular formula is C58H86N8O24. The van der Waals surface area contributed by atoms with Gasteiger partial charge in [-0.2, -0.15) is 0 Å². The number of ether oxygens (including phenoxy) is 8. The third-order valence-corrected chi connectivity index (χ3v) is 17.2. The maximum absolute atomic E-state index is 13.9. The van der Waals surface area contributed by atoms with Crippen molar-refractivity contribution in [1.29, 1.82) is 0 Å². The molecule has 0 unspecified atom stereocenters. The van der Waals surface area contributed by atoms with Gasteiger partial charge in [0.1, 0.15) is 84.3 Å². The minimum Gasteiger partial charge on any atom is -0.507 e. The number of esters is 1. The van der Waals surface area contributed by atoms with Gasteiger partial charge in [-0.05, 0) is 33.9 Å². The average Bonchev–Trinajstić information content (AvgIpc) is 1.49. The molecule has 24 atom stereocenters. The number of nitrogens with two attached hydrogens (primary N) is 4. The number of nitrogens with one attached hydrogen (secondary N) is 2. The van der Waals surface area contributed by atoms with E-state index in [1.54, 1.807) is 39.8 Å². The predicted octanol–water partition coefficient (Wildman–Crippen LogP) is -3.41. The van der Waals surface area contributed by atoms with Crippen LogP contribution >= 0.6 is 0 Å². The quantitative estimate of drug-likeness (QED) is 0.0260. The molecule has 5 bridgehead atoms. The number of hydrogen-bond donors (Lipinski definition) is 18. The van der Waals surface area contributed by atoms with Crippen LogP contribution < -0.4 is 38.3 Å². The number of rotatable bonds is 11. The molecule has 8 rings (SSSR count). The Morgan fingerprint density at radius 1 is 0.789 bits per heavy atom. The van der Waals surface area contributed by atoms with Gasteiger partial charge in [-0.1, -0.05) is 45.9 Å². The van der Waals surface area contributed by atoms with Crippen molar-refractivity contribution in [2.75, 3.05) is 26.1 Å². The van der Waals surface area contributed by atoms with E-state index in [-0.39, 0.29) is 45.2 Å². The summed E-state index contributed by atoms with van der Waals surface area (Å²) in [6, 6.07) is -3.02. The number of phenols is 3. The Kier molecular flexibility index (Phi) is 23.4. The van der Waals surface area contributed by atoms with Crippen LogP contribution in [0.25, 0.3) is 10.8 Å². The zero-order valence-corrected chi connectivity index (χ0v) is 51.4. The molecule has 2 aromatic rings. The third-order valence-electron chi connectivity index (χ3n) is 17.2. The molecule has 0 aromatic heterocycles. The zero-order chi connectivity index (χ0) is 67.5. The topological polar surface area (TPSA) is 538 Å². The first kappa shape index (κ1) is 72.2. The van der Waals surface area contributed by atoms with Crippen LogP contribution in [0.2, 0.25) is 0 Å². The Balaban J connectivity index is 0.000000294. The zero-order valence-electron chi connectivity index (χ0n) is 51.4. The molecule has 22 N–H and O–H groups in total. The molecule has 90 heavy (non-hydrogen) atoms. The van der Waals surface area contributed by atoms with Crippen molar-refractivity contribution in [1.82, 2.24) is 5.32 Å². The van der Waals surface area contributed by atoms with Crippen molar-refractivity contribution in [3.8, 4) is 23.0 Å². The minimum absolute atomic E-state index is 0.0709. The number of anilines is 1. The van der Waals surface area contributed by atoms with Gasteiger partial charge in [0, 0.05) is 67.2 Å². The van der Waals surface area contributed by atoms with Crippen molar-refractivity contribution in [2.24, 2.45) is 56.6 Å². The lowest BCUT2D eigenvalue weighted by molar-refractivity contribution is -0.314. The second-order valence-corrected chi connectivity index (χ2v) is 23.3. The maximum Gasteiger partial charge on any atom is 0.312 e. The lowest BCUT2D eigenvalue weighted by Crippen LogP contribution is -2.66. The largest absolute Gasteiger partial charge is 0.507 e. The second-order valence-electron chi connectivity index (χ2n) is 23.3. The number of likely N-dealkylation sites (N-methyl/N-ethyl adjacent to an activating group) is 1. The van der Waals surface area contributed by atoms with Crippen LogP contribution in [0.15, 0.2) is 52.2 Å². The highest BCUT2D eigenvalue weighted by Gasteiger charge is 2.61. The fourth-order valence-electron chi connectivity index (χ4n) is 11.7. The number of phenolic OH excluding ortho intramolecular Hbond substituents is 3. The van der Waals surface area contributed by atoms with Gasteiger partial charge >= 0.3 is 11.8 Å². The van der Waals surface area contributed by atoms with Gasteiger partial charge < -0.3 is 133 Å². The number of ketones is 1. The molecule has 5 aliphatic heterocycles. The van der Waals surface area contributed by atoms with Gasteiger partial charge in [-0.25, -0.2) is 9.98 Å². The van der Waals surface area contributed by atoms with Crippen molar-refractivity contribution >= 4 is 52.3 Å². The lowest BCUT2D eigenvalue weighted by atomic mass is 9.78. The molecule has 0 radical (unpaired) electrons. The van der Waals surface area contributed by atoms with Crippen molar-refractivity contribution in [3.63, 3.8) is 0 Å². The number of allylic oxidation sites excluding steroid dienone is 2. The van der Waals surface area contributed by atoms with Crippen molar-refractivity contribution in [2.45, 2.75) is 184 Å². The standard InChI is InChI=1S/C37H47NO12.C21H39N7O12/c1-16-11-10-12-17(2)36(46)38-23-15-24(40)26-27(32(23)44)31(43)21(6)34-28(26)35(45)37(8,50-34)48-14-13-25(47-9)18(3)33(49-22(7)39)20(5)30(42)19(4)29(16)41;1-5-21(36,4-30)16(40-17-9(26-2)13(34)10(31)6(3-29)38-17)18(37-5)39-15-8(28-20(24)25)11(32)7(27-19(22)23)12(33)14(15)35/h10-16,18-20,25,29-30,33,40-44H,1-9H3,(H,38,46);4-18,26,29,31-36H,3H2,1-2H3,(H4,22,23,27)(H4,24,25,28)/b11-10+,14-13+,17-12-;/t16-,18+,19+,20+,25-,29-,30+,33+,37-;5-,6-,7+,8-,9-,10-,11+,12-,13-,14+,15+,16-,17-,18-,21+/m00/s1. The molecule has 5 heterocycles. The van der Waals surface area contributed by atoms with Crippen LogP contribution in [0.4, 0.5) is 5.69 Å².